The molecule has 0 atom stereocenters. The lowest BCUT2D eigenvalue weighted by molar-refractivity contribution is 0.0531. The number of fused-ring (bicyclic) bond motifs is 1. The topological polar surface area (TPSA) is 70.4 Å². The Morgan fingerprint density at radius 3 is 2.74 bits per heavy atom. The van der Waals surface area contributed by atoms with Gasteiger partial charge in [0.15, 0.2) is 5.16 Å². The second-order valence-electron chi connectivity index (χ2n) is 7.47. The number of rotatable bonds is 8. The van der Waals surface area contributed by atoms with Crippen molar-refractivity contribution < 1.29 is 18.7 Å². The Balaban J connectivity index is 1.83. The van der Waals surface area contributed by atoms with Crippen molar-refractivity contribution in [1.29, 1.82) is 0 Å². The minimum atomic E-state index is -0.465. The summed E-state index contributed by atoms with van der Waals surface area (Å²) in [5.74, 6) is 0.301. The fourth-order valence-corrected chi connectivity index (χ4v) is 5.68. The summed E-state index contributed by atoms with van der Waals surface area (Å²) >= 11 is 2.49. The van der Waals surface area contributed by atoms with E-state index in [1.807, 2.05) is 30.3 Å². The number of nitrogens with zero attached hydrogens (tertiary/aromatic N) is 2. The van der Waals surface area contributed by atoms with Crippen LogP contribution in [-0.4, -0.2) is 29.2 Å². The van der Waals surface area contributed by atoms with Gasteiger partial charge in [-0.05, 0) is 43.2 Å². The Labute approximate surface area is 204 Å². The molecule has 4 aromatic rings. The van der Waals surface area contributed by atoms with Gasteiger partial charge in [-0.15, -0.1) is 11.3 Å². The van der Waals surface area contributed by atoms with Gasteiger partial charge in [0, 0.05) is 11.3 Å². The van der Waals surface area contributed by atoms with Crippen LogP contribution in [0.4, 0.5) is 4.39 Å². The van der Waals surface area contributed by atoms with Crippen molar-refractivity contribution in [2.75, 3.05) is 13.7 Å². The number of carbonyl (C=O) groups excluding carboxylic acids is 1. The largest absolute Gasteiger partial charge is 0.496 e. The second-order valence-corrected chi connectivity index (χ2v) is 9.41. The third kappa shape index (κ3) is 4.85. The first-order chi connectivity index (χ1) is 16.4. The highest BCUT2D eigenvalue weighted by molar-refractivity contribution is 7.98. The molecule has 0 unspecified atom stereocenters. The summed E-state index contributed by atoms with van der Waals surface area (Å²) in [5, 5.41) is 0.877. The normalized spacial score (nSPS) is 11.1. The number of thiophene rings is 1. The average Bonchev–Trinajstić information content (AvgIpc) is 3.16. The number of halogens is 1. The summed E-state index contributed by atoms with van der Waals surface area (Å²) in [6, 6.07) is 13.8. The van der Waals surface area contributed by atoms with Crippen LogP contribution in [0.2, 0.25) is 0 Å². The van der Waals surface area contributed by atoms with E-state index in [1.54, 1.807) is 31.6 Å². The molecule has 0 aliphatic carbocycles. The second kappa shape index (κ2) is 10.4. The van der Waals surface area contributed by atoms with Gasteiger partial charge in [-0.1, -0.05) is 42.1 Å². The van der Waals surface area contributed by atoms with Crippen molar-refractivity contribution in [2.24, 2.45) is 0 Å². The molecular formula is C25H23FN2O4S2. The fourth-order valence-electron chi connectivity index (χ4n) is 3.62. The van der Waals surface area contributed by atoms with Crippen molar-refractivity contribution in [2.45, 2.75) is 31.3 Å². The van der Waals surface area contributed by atoms with E-state index in [-0.39, 0.29) is 24.5 Å². The van der Waals surface area contributed by atoms with Gasteiger partial charge < -0.3 is 9.47 Å². The Hall–Kier alpha value is -3.17. The Bertz CT molecular complexity index is 1410. The number of methoxy groups -OCH3 is 1. The van der Waals surface area contributed by atoms with E-state index < -0.39 is 5.97 Å². The summed E-state index contributed by atoms with van der Waals surface area (Å²) in [5.41, 5.74) is 1.91. The van der Waals surface area contributed by atoms with Gasteiger partial charge in [-0.3, -0.25) is 9.36 Å². The molecule has 34 heavy (non-hydrogen) atoms. The minimum absolute atomic E-state index is 0.237. The van der Waals surface area contributed by atoms with Gasteiger partial charge >= 0.3 is 5.97 Å². The first-order valence-electron chi connectivity index (χ1n) is 10.6. The Morgan fingerprint density at radius 1 is 1.21 bits per heavy atom. The highest BCUT2D eigenvalue weighted by Gasteiger charge is 2.23. The van der Waals surface area contributed by atoms with Crippen LogP contribution >= 0.6 is 23.1 Å². The van der Waals surface area contributed by atoms with E-state index in [9.17, 15) is 14.0 Å². The zero-order chi connectivity index (χ0) is 24.2. The maximum absolute atomic E-state index is 13.7. The number of hydrogen-bond donors (Lipinski definition) is 0. The maximum atomic E-state index is 13.7. The summed E-state index contributed by atoms with van der Waals surface area (Å²) in [4.78, 5) is 31.7. The number of thioether (sulfide) groups is 1. The summed E-state index contributed by atoms with van der Waals surface area (Å²) < 4.78 is 25.9. The summed E-state index contributed by atoms with van der Waals surface area (Å²) in [6.07, 6.45) is 0. The number of carbonyl (C=O) groups is 1. The number of esters is 1. The molecule has 4 rings (SSSR count). The van der Waals surface area contributed by atoms with Gasteiger partial charge in [-0.2, -0.15) is 0 Å². The van der Waals surface area contributed by atoms with Gasteiger partial charge in [0.2, 0.25) is 0 Å². The zero-order valence-electron chi connectivity index (χ0n) is 19.0. The summed E-state index contributed by atoms with van der Waals surface area (Å²) in [6.45, 7) is 3.95. The number of benzene rings is 2. The molecule has 0 amide bonds. The van der Waals surface area contributed by atoms with Crippen LogP contribution in [0.1, 0.15) is 33.3 Å². The standard InChI is InChI=1S/C25H23FN2O4S2/c1-4-32-24(30)21-15(2)20-22(34-21)27-25(33-14-16-8-7-10-18(26)12-16)28(23(20)29)13-17-9-5-6-11-19(17)31-3/h5-12H,4,13-14H2,1-3H3. The molecule has 2 aromatic carbocycles. The van der Waals surface area contributed by atoms with Gasteiger partial charge in [-0.25, -0.2) is 14.2 Å². The van der Waals surface area contributed by atoms with E-state index in [0.29, 0.717) is 37.3 Å². The molecule has 0 bridgehead atoms. The average molecular weight is 499 g/mol. The first-order valence-corrected chi connectivity index (χ1v) is 12.4. The van der Waals surface area contributed by atoms with Crippen molar-refractivity contribution >= 4 is 39.3 Å². The van der Waals surface area contributed by atoms with Crippen molar-refractivity contribution in [1.82, 2.24) is 9.55 Å². The van der Waals surface area contributed by atoms with Crippen LogP contribution in [0.15, 0.2) is 58.5 Å². The number of aryl methyl sites for hydroxylation is 1. The third-order valence-corrected chi connectivity index (χ3v) is 7.47. The number of para-hydroxylation sites is 1. The molecule has 0 aliphatic rings. The van der Waals surface area contributed by atoms with E-state index in [2.05, 4.69) is 0 Å². The molecule has 9 heteroatoms. The molecule has 0 radical (unpaired) electrons. The predicted molar refractivity (Wildman–Crippen MR) is 133 cm³/mol. The van der Waals surface area contributed by atoms with Gasteiger partial charge in [0.1, 0.15) is 21.3 Å². The van der Waals surface area contributed by atoms with E-state index >= 15 is 0 Å². The molecule has 6 nitrogen and oxygen atoms in total. The van der Waals surface area contributed by atoms with Gasteiger partial charge in [0.05, 0.1) is 25.6 Å². The monoisotopic (exact) mass is 498 g/mol. The van der Waals surface area contributed by atoms with Crippen LogP contribution in [0.25, 0.3) is 10.2 Å². The molecule has 0 fully saturated rings. The Kier molecular flexibility index (Phi) is 7.33. The SMILES string of the molecule is CCOC(=O)c1sc2nc(SCc3cccc(F)c3)n(Cc3ccccc3OC)c(=O)c2c1C. The molecule has 2 aromatic heterocycles. The van der Waals surface area contributed by atoms with E-state index in [4.69, 9.17) is 14.5 Å². The zero-order valence-corrected chi connectivity index (χ0v) is 20.6. The van der Waals surface area contributed by atoms with Crippen molar-refractivity contribution in [3.05, 3.63) is 86.3 Å². The highest BCUT2D eigenvalue weighted by Crippen LogP contribution is 2.31. The number of aromatic nitrogens is 2. The lowest BCUT2D eigenvalue weighted by Gasteiger charge is -2.14. The van der Waals surface area contributed by atoms with Crippen LogP contribution in [0, 0.1) is 12.7 Å². The minimum Gasteiger partial charge on any atom is -0.496 e. The predicted octanol–water partition coefficient (Wildman–Crippen LogP) is 5.43. The molecule has 0 saturated heterocycles. The van der Waals surface area contributed by atoms with Gasteiger partial charge in [0.25, 0.3) is 5.56 Å². The molecular weight excluding hydrogens is 475 g/mol. The lowest BCUT2D eigenvalue weighted by atomic mass is 10.2. The molecule has 0 N–H and O–H groups in total. The summed E-state index contributed by atoms with van der Waals surface area (Å²) in [7, 11) is 1.58. The molecule has 0 aliphatic heterocycles. The van der Waals surface area contributed by atoms with Crippen LogP contribution in [0.3, 0.4) is 0 Å². The molecule has 176 valence electrons. The van der Waals surface area contributed by atoms with Crippen LogP contribution < -0.4 is 10.3 Å². The van der Waals surface area contributed by atoms with Crippen molar-refractivity contribution in [3.63, 3.8) is 0 Å². The fraction of sp³-hybridized carbons (Fsp3) is 0.240. The number of hydrogen-bond acceptors (Lipinski definition) is 7. The first kappa shape index (κ1) is 24.0. The quantitative estimate of drug-likeness (QED) is 0.183. The molecule has 0 saturated carbocycles. The van der Waals surface area contributed by atoms with E-state index in [0.717, 1.165) is 22.5 Å². The highest BCUT2D eigenvalue weighted by atomic mass is 32.2. The number of ether oxygens (including phenoxy) is 2. The Morgan fingerprint density at radius 2 is 2.00 bits per heavy atom. The van der Waals surface area contributed by atoms with Crippen LogP contribution in [0.5, 0.6) is 5.75 Å². The third-order valence-electron chi connectivity index (χ3n) is 5.25. The van der Waals surface area contributed by atoms with E-state index in [1.165, 1.54) is 23.9 Å². The smallest absolute Gasteiger partial charge is 0.348 e. The maximum Gasteiger partial charge on any atom is 0.348 e. The molecule has 2 heterocycles. The lowest BCUT2D eigenvalue weighted by Crippen LogP contribution is -2.24. The van der Waals surface area contributed by atoms with Crippen molar-refractivity contribution in [3.8, 4) is 5.75 Å². The molecule has 0 spiro atoms. The van der Waals surface area contributed by atoms with Crippen LogP contribution in [-0.2, 0) is 17.0 Å².